The van der Waals surface area contributed by atoms with Crippen LogP contribution in [0.4, 0.5) is 0 Å². The number of carbonyl (C=O) groups is 2. The van der Waals surface area contributed by atoms with E-state index in [4.69, 9.17) is 5.11 Å². The Balaban J connectivity index is 1.86. The van der Waals surface area contributed by atoms with Gasteiger partial charge in [-0.05, 0) is 45.6 Å². The highest BCUT2D eigenvalue weighted by Crippen LogP contribution is 2.27. The summed E-state index contributed by atoms with van der Waals surface area (Å²) < 4.78 is 0. The molecule has 0 bridgehead atoms. The average molecular weight is 240 g/mol. The third kappa shape index (κ3) is 2.60. The van der Waals surface area contributed by atoms with E-state index in [1.54, 1.807) is 0 Å². The van der Waals surface area contributed by atoms with Gasteiger partial charge in [-0.3, -0.25) is 9.59 Å². The first-order valence-corrected chi connectivity index (χ1v) is 6.30. The second-order valence-electron chi connectivity index (χ2n) is 5.38. The summed E-state index contributed by atoms with van der Waals surface area (Å²) in [6.45, 7) is 2.80. The predicted octanol–water partition coefficient (Wildman–Crippen LogP) is 0.498. The van der Waals surface area contributed by atoms with E-state index in [0.717, 1.165) is 25.8 Å². The van der Waals surface area contributed by atoms with E-state index in [1.807, 2.05) is 6.92 Å². The summed E-state index contributed by atoms with van der Waals surface area (Å²) in [4.78, 5) is 22.9. The van der Waals surface area contributed by atoms with Crippen LogP contribution in [0.2, 0.25) is 0 Å². The molecule has 2 aliphatic rings. The van der Waals surface area contributed by atoms with Gasteiger partial charge in [0.2, 0.25) is 5.91 Å². The molecule has 1 unspecified atom stereocenters. The Hall–Kier alpha value is -1.10. The molecule has 3 N–H and O–H groups in total. The molecule has 3 atom stereocenters. The lowest BCUT2D eigenvalue weighted by molar-refractivity contribution is -0.141. The van der Waals surface area contributed by atoms with Gasteiger partial charge >= 0.3 is 5.97 Å². The van der Waals surface area contributed by atoms with Gasteiger partial charge in [0.1, 0.15) is 0 Å². The van der Waals surface area contributed by atoms with E-state index in [-0.39, 0.29) is 17.9 Å². The first-order chi connectivity index (χ1) is 8.01. The van der Waals surface area contributed by atoms with Gasteiger partial charge in [-0.25, -0.2) is 0 Å². The monoisotopic (exact) mass is 240 g/mol. The van der Waals surface area contributed by atoms with Crippen molar-refractivity contribution < 1.29 is 14.7 Å². The number of carboxylic acid groups (broad SMARTS) is 1. The molecule has 2 rings (SSSR count). The molecule has 2 fully saturated rings. The molecule has 1 amide bonds. The molecule has 1 aliphatic heterocycles. The number of hydrogen-bond donors (Lipinski definition) is 3. The van der Waals surface area contributed by atoms with Crippen molar-refractivity contribution in [1.82, 2.24) is 10.6 Å². The first-order valence-electron chi connectivity index (χ1n) is 6.30. The molecule has 1 saturated heterocycles. The van der Waals surface area contributed by atoms with Gasteiger partial charge in [-0.1, -0.05) is 0 Å². The van der Waals surface area contributed by atoms with Crippen LogP contribution in [0, 0.1) is 5.92 Å². The zero-order chi connectivity index (χ0) is 12.5. The highest BCUT2D eigenvalue weighted by molar-refractivity contribution is 5.86. The highest BCUT2D eigenvalue weighted by atomic mass is 16.4. The Morgan fingerprint density at radius 1 is 1.41 bits per heavy atom. The van der Waals surface area contributed by atoms with E-state index in [9.17, 15) is 9.59 Å². The number of carboxylic acids is 1. The Morgan fingerprint density at radius 2 is 2.18 bits per heavy atom. The topological polar surface area (TPSA) is 78.4 Å². The van der Waals surface area contributed by atoms with Gasteiger partial charge in [0.05, 0.1) is 11.5 Å². The lowest BCUT2D eigenvalue weighted by Crippen LogP contribution is -2.53. The molecule has 1 aliphatic carbocycles. The largest absolute Gasteiger partial charge is 0.481 e. The van der Waals surface area contributed by atoms with Crippen LogP contribution in [0.3, 0.4) is 0 Å². The van der Waals surface area contributed by atoms with Crippen LogP contribution in [0.25, 0.3) is 0 Å². The van der Waals surface area contributed by atoms with Crippen molar-refractivity contribution in [2.45, 2.75) is 50.6 Å². The Morgan fingerprint density at radius 3 is 2.71 bits per heavy atom. The zero-order valence-corrected chi connectivity index (χ0v) is 10.2. The Kier molecular flexibility index (Phi) is 3.38. The van der Waals surface area contributed by atoms with Crippen molar-refractivity contribution >= 4 is 11.9 Å². The van der Waals surface area contributed by atoms with Crippen LogP contribution in [-0.4, -0.2) is 35.1 Å². The Bertz CT molecular complexity index is 324. The van der Waals surface area contributed by atoms with Crippen LogP contribution >= 0.6 is 0 Å². The fraction of sp³-hybridized carbons (Fsp3) is 0.833. The molecule has 1 heterocycles. The van der Waals surface area contributed by atoms with E-state index in [0.29, 0.717) is 12.8 Å². The fourth-order valence-corrected chi connectivity index (χ4v) is 2.77. The third-order valence-corrected chi connectivity index (χ3v) is 3.99. The van der Waals surface area contributed by atoms with E-state index in [1.165, 1.54) is 0 Å². The normalized spacial score (nSPS) is 37.0. The summed E-state index contributed by atoms with van der Waals surface area (Å²) >= 11 is 0. The van der Waals surface area contributed by atoms with Gasteiger partial charge < -0.3 is 15.7 Å². The maximum atomic E-state index is 12.1. The van der Waals surface area contributed by atoms with Gasteiger partial charge in [0.25, 0.3) is 0 Å². The first kappa shape index (κ1) is 12.4. The standard InChI is InChI=1S/C12H20N2O3/c1-12(5-2-6-13-12)11(17)14-9-4-3-8(7-9)10(15)16/h8-9,13H,2-7H2,1H3,(H,14,17)(H,15,16)/t8-,9+,12?/m1/s1. The van der Waals surface area contributed by atoms with Crippen LogP contribution < -0.4 is 10.6 Å². The molecular weight excluding hydrogens is 220 g/mol. The zero-order valence-electron chi connectivity index (χ0n) is 10.2. The highest BCUT2D eigenvalue weighted by Gasteiger charge is 2.38. The summed E-state index contributed by atoms with van der Waals surface area (Å²) in [6.07, 6.45) is 3.89. The molecule has 5 nitrogen and oxygen atoms in total. The number of nitrogens with one attached hydrogen (secondary N) is 2. The van der Waals surface area contributed by atoms with Crippen LogP contribution in [0.15, 0.2) is 0 Å². The summed E-state index contributed by atoms with van der Waals surface area (Å²) in [5.41, 5.74) is -0.457. The molecule has 0 spiro atoms. The van der Waals surface area contributed by atoms with Crippen molar-refractivity contribution in [2.24, 2.45) is 5.92 Å². The molecule has 0 aromatic carbocycles. The molecule has 1 saturated carbocycles. The van der Waals surface area contributed by atoms with Gasteiger partial charge in [-0.15, -0.1) is 0 Å². The smallest absolute Gasteiger partial charge is 0.306 e. The number of aliphatic carboxylic acids is 1. The van der Waals surface area contributed by atoms with Crippen molar-refractivity contribution in [3.63, 3.8) is 0 Å². The van der Waals surface area contributed by atoms with Gasteiger partial charge in [0.15, 0.2) is 0 Å². The molecular formula is C12H20N2O3. The lowest BCUT2D eigenvalue weighted by atomic mass is 9.98. The summed E-state index contributed by atoms with van der Waals surface area (Å²) in [5, 5.41) is 15.1. The molecule has 0 radical (unpaired) electrons. The van der Waals surface area contributed by atoms with E-state index < -0.39 is 11.5 Å². The van der Waals surface area contributed by atoms with Crippen LogP contribution in [-0.2, 0) is 9.59 Å². The molecule has 96 valence electrons. The summed E-state index contributed by atoms with van der Waals surface area (Å²) in [7, 11) is 0. The SMILES string of the molecule is CC1(C(=O)N[C@H]2CC[C@@H](C(=O)O)C2)CCCN1. The van der Waals surface area contributed by atoms with E-state index in [2.05, 4.69) is 10.6 Å². The second kappa shape index (κ2) is 4.64. The average Bonchev–Trinajstić information content (AvgIpc) is 2.88. The fourth-order valence-electron chi connectivity index (χ4n) is 2.77. The van der Waals surface area contributed by atoms with Crippen molar-refractivity contribution in [3.05, 3.63) is 0 Å². The predicted molar refractivity (Wildman–Crippen MR) is 62.5 cm³/mol. The van der Waals surface area contributed by atoms with Crippen LogP contribution in [0.1, 0.15) is 39.0 Å². The number of amides is 1. The summed E-state index contributed by atoms with van der Waals surface area (Å²) in [6, 6.07) is 0.0304. The number of carbonyl (C=O) groups excluding carboxylic acids is 1. The minimum Gasteiger partial charge on any atom is -0.481 e. The molecule has 0 aromatic rings. The molecule has 0 aromatic heterocycles. The van der Waals surface area contributed by atoms with Gasteiger partial charge in [-0.2, -0.15) is 0 Å². The molecule has 5 heteroatoms. The maximum Gasteiger partial charge on any atom is 0.306 e. The van der Waals surface area contributed by atoms with E-state index >= 15 is 0 Å². The molecule has 17 heavy (non-hydrogen) atoms. The minimum absolute atomic E-state index is 0.0195. The number of hydrogen-bond acceptors (Lipinski definition) is 3. The Labute approximate surface area is 101 Å². The van der Waals surface area contributed by atoms with Gasteiger partial charge in [0, 0.05) is 6.04 Å². The summed E-state index contributed by atoms with van der Waals surface area (Å²) in [5.74, 6) is -1.01. The van der Waals surface area contributed by atoms with Crippen LogP contribution in [0.5, 0.6) is 0 Å². The minimum atomic E-state index is -0.744. The number of rotatable bonds is 3. The van der Waals surface area contributed by atoms with Crippen molar-refractivity contribution in [1.29, 1.82) is 0 Å². The van der Waals surface area contributed by atoms with Crippen molar-refractivity contribution in [3.8, 4) is 0 Å². The maximum absolute atomic E-state index is 12.1. The third-order valence-electron chi connectivity index (χ3n) is 3.99. The quantitative estimate of drug-likeness (QED) is 0.671. The second-order valence-corrected chi connectivity index (χ2v) is 5.38. The lowest BCUT2D eigenvalue weighted by Gasteiger charge is -2.25. The van der Waals surface area contributed by atoms with Crippen molar-refractivity contribution in [2.75, 3.05) is 6.54 Å².